The van der Waals surface area contributed by atoms with Crippen LogP contribution >= 0.6 is 11.3 Å². The summed E-state index contributed by atoms with van der Waals surface area (Å²) in [5, 5.41) is 4.31. The lowest BCUT2D eigenvalue weighted by atomic mass is 9.90. The summed E-state index contributed by atoms with van der Waals surface area (Å²) >= 11 is 1.82. The highest BCUT2D eigenvalue weighted by atomic mass is 32.1. The van der Waals surface area contributed by atoms with Gasteiger partial charge in [0.15, 0.2) is 5.13 Å². The number of hydrogen-bond acceptors (Lipinski definition) is 6. The van der Waals surface area contributed by atoms with Crippen molar-refractivity contribution < 1.29 is 9.53 Å². The van der Waals surface area contributed by atoms with Crippen LogP contribution in [0.2, 0.25) is 0 Å². The molecule has 1 atom stereocenters. The molecule has 1 aromatic rings. The Morgan fingerprint density at radius 2 is 1.93 bits per heavy atom. The zero-order valence-corrected chi connectivity index (χ0v) is 17.1. The van der Waals surface area contributed by atoms with Crippen molar-refractivity contribution in [2.75, 3.05) is 57.4 Å². The maximum absolute atomic E-state index is 12.6. The Morgan fingerprint density at radius 3 is 2.70 bits per heavy atom. The van der Waals surface area contributed by atoms with Gasteiger partial charge in [-0.15, -0.1) is 11.3 Å². The van der Waals surface area contributed by atoms with Gasteiger partial charge in [0.1, 0.15) is 0 Å². The van der Waals surface area contributed by atoms with Crippen molar-refractivity contribution >= 4 is 22.4 Å². The first kappa shape index (κ1) is 19.2. The van der Waals surface area contributed by atoms with E-state index in [1.165, 1.54) is 43.6 Å². The minimum atomic E-state index is 0.0845. The third kappa shape index (κ3) is 5.00. The van der Waals surface area contributed by atoms with Crippen molar-refractivity contribution in [3.05, 3.63) is 10.6 Å². The summed E-state index contributed by atoms with van der Waals surface area (Å²) in [6, 6.07) is 0. The number of nitrogens with zero attached hydrogens (tertiary/aromatic N) is 3. The molecule has 6 nitrogen and oxygen atoms in total. The maximum atomic E-state index is 12.6. The molecule has 2 saturated heterocycles. The first-order chi connectivity index (χ1) is 13.3. The molecular formula is C20H32N4O2S. The number of rotatable bonds is 5. The maximum Gasteiger partial charge on any atom is 0.223 e. The highest BCUT2D eigenvalue weighted by molar-refractivity contribution is 7.15. The number of ether oxygens (including phenoxy) is 1. The van der Waals surface area contributed by atoms with E-state index >= 15 is 0 Å². The van der Waals surface area contributed by atoms with Gasteiger partial charge in [-0.25, -0.2) is 4.98 Å². The van der Waals surface area contributed by atoms with Crippen LogP contribution in [0.25, 0.3) is 0 Å². The number of hydrogen-bond donors (Lipinski definition) is 1. The number of anilines is 1. The van der Waals surface area contributed by atoms with Gasteiger partial charge >= 0.3 is 0 Å². The minimum absolute atomic E-state index is 0.0845. The SMILES string of the molecule is O=C(NCCN1CCCCCC1)C1CCc2sc(N3CCOCC3)nc2C1. The van der Waals surface area contributed by atoms with Crippen LogP contribution in [0.15, 0.2) is 0 Å². The molecule has 7 heteroatoms. The summed E-state index contributed by atoms with van der Waals surface area (Å²) < 4.78 is 5.44. The molecule has 4 rings (SSSR count). The minimum Gasteiger partial charge on any atom is -0.378 e. The second-order valence-corrected chi connectivity index (χ2v) is 9.01. The van der Waals surface area contributed by atoms with Gasteiger partial charge in [0, 0.05) is 43.4 Å². The molecular weight excluding hydrogens is 360 g/mol. The fraction of sp³-hybridized carbons (Fsp3) is 0.800. The predicted octanol–water partition coefficient (Wildman–Crippen LogP) is 2.08. The number of fused-ring (bicyclic) bond motifs is 1. The smallest absolute Gasteiger partial charge is 0.223 e. The van der Waals surface area contributed by atoms with Crippen molar-refractivity contribution in [1.29, 1.82) is 0 Å². The van der Waals surface area contributed by atoms with Gasteiger partial charge in [-0.1, -0.05) is 12.8 Å². The van der Waals surface area contributed by atoms with Gasteiger partial charge in [-0.2, -0.15) is 0 Å². The summed E-state index contributed by atoms with van der Waals surface area (Å²) in [6.45, 7) is 7.55. The van der Waals surface area contributed by atoms with E-state index in [0.717, 1.165) is 69.5 Å². The topological polar surface area (TPSA) is 57.7 Å². The lowest BCUT2D eigenvalue weighted by Gasteiger charge is -2.26. The molecule has 1 N–H and O–H groups in total. The Kier molecular flexibility index (Phi) is 6.63. The highest BCUT2D eigenvalue weighted by Gasteiger charge is 2.28. The Labute approximate surface area is 166 Å². The standard InChI is InChI=1S/C20H32N4O2S/c25-19(21-7-10-23-8-3-1-2-4-9-23)16-5-6-18-17(15-16)22-20(27-18)24-11-13-26-14-12-24/h16H,1-15H2,(H,21,25). The number of thiazole rings is 1. The normalized spacial score (nSPS) is 24.3. The van der Waals surface area contributed by atoms with Crippen molar-refractivity contribution in [1.82, 2.24) is 15.2 Å². The van der Waals surface area contributed by atoms with E-state index in [1.807, 2.05) is 11.3 Å². The van der Waals surface area contributed by atoms with E-state index in [0.29, 0.717) is 0 Å². The molecule has 0 radical (unpaired) electrons. The second-order valence-electron chi connectivity index (χ2n) is 7.95. The zero-order valence-electron chi connectivity index (χ0n) is 16.3. The molecule has 0 spiro atoms. The van der Waals surface area contributed by atoms with Crippen LogP contribution in [0, 0.1) is 5.92 Å². The average molecular weight is 393 g/mol. The van der Waals surface area contributed by atoms with Gasteiger partial charge < -0.3 is 19.9 Å². The Bertz CT molecular complexity index is 621. The van der Waals surface area contributed by atoms with Gasteiger partial charge in [0.2, 0.25) is 5.91 Å². The highest BCUT2D eigenvalue weighted by Crippen LogP contribution is 2.34. The summed E-state index contributed by atoms with van der Waals surface area (Å²) in [4.78, 5) is 23.7. The molecule has 3 aliphatic rings. The van der Waals surface area contributed by atoms with Crippen LogP contribution in [0.4, 0.5) is 5.13 Å². The first-order valence-corrected chi connectivity index (χ1v) is 11.4. The van der Waals surface area contributed by atoms with E-state index in [-0.39, 0.29) is 11.8 Å². The molecule has 2 fully saturated rings. The molecule has 1 aromatic heterocycles. The third-order valence-corrected chi connectivity index (χ3v) is 7.22. The largest absolute Gasteiger partial charge is 0.378 e. The Hall–Kier alpha value is -1.18. The number of carbonyl (C=O) groups excluding carboxylic acids is 1. The van der Waals surface area contributed by atoms with Crippen molar-refractivity contribution in [2.45, 2.75) is 44.9 Å². The predicted molar refractivity (Wildman–Crippen MR) is 109 cm³/mol. The van der Waals surface area contributed by atoms with Crippen molar-refractivity contribution in [2.24, 2.45) is 5.92 Å². The van der Waals surface area contributed by atoms with Crippen molar-refractivity contribution in [3.8, 4) is 0 Å². The Balaban J connectivity index is 1.26. The molecule has 2 aliphatic heterocycles. The molecule has 150 valence electrons. The van der Waals surface area contributed by atoms with Crippen LogP contribution in [0.1, 0.15) is 42.7 Å². The van der Waals surface area contributed by atoms with E-state index < -0.39 is 0 Å². The summed E-state index contributed by atoms with van der Waals surface area (Å²) in [6.07, 6.45) is 8.05. The van der Waals surface area contributed by atoms with Crippen LogP contribution in [0.5, 0.6) is 0 Å². The molecule has 0 bridgehead atoms. The van der Waals surface area contributed by atoms with Gasteiger partial charge in [-0.05, 0) is 38.8 Å². The molecule has 1 amide bonds. The summed E-state index contributed by atoms with van der Waals surface area (Å²) in [7, 11) is 0. The van der Waals surface area contributed by atoms with Gasteiger partial charge in [0.25, 0.3) is 0 Å². The molecule has 1 unspecified atom stereocenters. The number of amides is 1. The number of likely N-dealkylation sites (tertiary alicyclic amines) is 1. The zero-order chi connectivity index (χ0) is 18.5. The Morgan fingerprint density at radius 1 is 1.15 bits per heavy atom. The average Bonchev–Trinajstić information content (AvgIpc) is 2.96. The van der Waals surface area contributed by atoms with Gasteiger partial charge in [-0.3, -0.25) is 4.79 Å². The van der Waals surface area contributed by atoms with Crippen LogP contribution < -0.4 is 10.2 Å². The number of nitrogens with one attached hydrogen (secondary N) is 1. The summed E-state index contributed by atoms with van der Waals surface area (Å²) in [5.74, 6) is 0.303. The molecule has 1 aliphatic carbocycles. The first-order valence-electron chi connectivity index (χ1n) is 10.6. The van der Waals surface area contributed by atoms with Crippen LogP contribution in [0.3, 0.4) is 0 Å². The van der Waals surface area contributed by atoms with E-state index in [4.69, 9.17) is 9.72 Å². The number of morpholine rings is 1. The second kappa shape index (κ2) is 9.34. The van der Waals surface area contributed by atoms with Crippen LogP contribution in [-0.2, 0) is 22.4 Å². The monoisotopic (exact) mass is 392 g/mol. The fourth-order valence-corrected chi connectivity index (χ4v) is 5.47. The van der Waals surface area contributed by atoms with Gasteiger partial charge in [0.05, 0.1) is 18.9 Å². The molecule has 0 saturated carbocycles. The lowest BCUT2D eigenvalue weighted by molar-refractivity contribution is -0.125. The lowest BCUT2D eigenvalue weighted by Crippen LogP contribution is -2.39. The number of aromatic nitrogens is 1. The molecule has 0 aromatic carbocycles. The fourth-order valence-electron chi connectivity index (χ4n) is 4.32. The quantitative estimate of drug-likeness (QED) is 0.831. The number of carbonyl (C=O) groups is 1. The van der Waals surface area contributed by atoms with E-state index in [2.05, 4.69) is 15.1 Å². The summed E-state index contributed by atoms with van der Waals surface area (Å²) in [5.41, 5.74) is 1.15. The third-order valence-electron chi connectivity index (χ3n) is 6.00. The molecule has 27 heavy (non-hydrogen) atoms. The van der Waals surface area contributed by atoms with Crippen molar-refractivity contribution in [3.63, 3.8) is 0 Å². The van der Waals surface area contributed by atoms with E-state index in [9.17, 15) is 4.79 Å². The van der Waals surface area contributed by atoms with E-state index in [1.54, 1.807) is 0 Å². The molecule has 3 heterocycles. The van der Waals surface area contributed by atoms with Crippen LogP contribution in [-0.4, -0.2) is 68.3 Å². The number of aryl methyl sites for hydroxylation is 1.